The molecular formula is C17H25N. The Morgan fingerprint density at radius 2 is 1.83 bits per heavy atom. The Hall–Kier alpha value is -0.820. The summed E-state index contributed by atoms with van der Waals surface area (Å²) in [6, 6.07) is 9.26. The standard InChI is InChI=1S/C17H25N/c1-13-3-2-4-17(13)12-18-11-14-5-7-15(8-6-14)16-9-10-16/h5-8,13,16-18H,2-4,9-12H2,1H3. The van der Waals surface area contributed by atoms with Gasteiger partial charge in [-0.05, 0) is 54.7 Å². The van der Waals surface area contributed by atoms with Crippen LogP contribution in [0.2, 0.25) is 0 Å². The van der Waals surface area contributed by atoms with Crippen LogP contribution in [0.4, 0.5) is 0 Å². The molecule has 0 aliphatic heterocycles. The number of rotatable bonds is 5. The maximum Gasteiger partial charge on any atom is 0.0205 e. The maximum absolute atomic E-state index is 3.64. The zero-order chi connectivity index (χ0) is 12.4. The second-order valence-corrected chi connectivity index (χ2v) is 6.32. The summed E-state index contributed by atoms with van der Waals surface area (Å²) in [5, 5.41) is 3.64. The molecule has 2 aliphatic rings. The van der Waals surface area contributed by atoms with Crippen molar-refractivity contribution in [1.29, 1.82) is 0 Å². The summed E-state index contributed by atoms with van der Waals surface area (Å²) in [6.07, 6.45) is 7.09. The molecule has 0 amide bonds. The van der Waals surface area contributed by atoms with Crippen LogP contribution >= 0.6 is 0 Å². The monoisotopic (exact) mass is 243 g/mol. The van der Waals surface area contributed by atoms with Crippen LogP contribution in [0.1, 0.15) is 56.1 Å². The molecule has 0 aromatic heterocycles. The van der Waals surface area contributed by atoms with Gasteiger partial charge in [0.2, 0.25) is 0 Å². The zero-order valence-corrected chi connectivity index (χ0v) is 11.5. The van der Waals surface area contributed by atoms with Crippen molar-refractivity contribution in [2.24, 2.45) is 11.8 Å². The van der Waals surface area contributed by atoms with Crippen molar-refractivity contribution in [1.82, 2.24) is 5.32 Å². The van der Waals surface area contributed by atoms with E-state index in [1.807, 2.05) is 0 Å². The highest BCUT2D eigenvalue weighted by molar-refractivity contribution is 5.27. The Morgan fingerprint density at radius 3 is 2.44 bits per heavy atom. The Morgan fingerprint density at radius 1 is 1.06 bits per heavy atom. The lowest BCUT2D eigenvalue weighted by atomic mass is 9.98. The van der Waals surface area contributed by atoms with Crippen molar-refractivity contribution in [3.63, 3.8) is 0 Å². The third-order valence-electron chi connectivity index (χ3n) is 4.80. The van der Waals surface area contributed by atoms with Gasteiger partial charge in [0, 0.05) is 6.54 Å². The fourth-order valence-electron chi connectivity index (χ4n) is 3.25. The van der Waals surface area contributed by atoms with Crippen LogP contribution in [0.15, 0.2) is 24.3 Å². The summed E-state index contributed by atoms with van der Waals surface area (Å²) in [5.74, 6) is 2.72. The molecule has 0 heterocycles. The molecule has 0 saturated heterocycles. The largest absolute Gasteiger partial charge is 0.312 e. The van der Waals surface area contributed by atoms with E-state index in [0.717, 1.165) is 24.3 Å². The third-order valence-corrected chi connectivity index (χ3v) is 4.80. The third kappa shape index (κ3) is 2.95. The van der Waals surface area contributed by atoms with E-state index in [4.69, 9.17) is 0 Å². The van der Waals surface area contributed by atoms with Gasteiger partial charge < -0.3 is 5.32 Å². The van der Waals surface area contributed by atoms with Crippen LogP contribution in [0.5, 0.6) is 0 Å². The predicted octanol–water partition coefficient (Wildman–Crippen LogP) is 4.09. The Balaban J connectivity index is 1.44. The highest BCUT2D eigenvalue weighted by Gasteiger charge is 2.23. The molecule has 2 saturated carbocycles. The number of hydrogen-bond acceptors (Lipinski definition) is 1. The fraction of sp³-hybridized carbons (Fsp3) is 0.647. The van der Waals surface area contributed by atoms with E-state index in [0.29, 0.717) is 0 Å². The Kier molecular flexibility index (Phi) is 3.69. The quantitative estimate of drug-likeness (QED) is 0.821. The van der Waals surface area contributed by atoms with Gasteiger partial charge >= 0.3 is 0 Å². The summed E-state index contributed by atoms with van der Waals surface area (Å²) in [7, 11) is 0. The molecule has 2 fully saturated rings. The van der Waals surface area contributed by atoms with Crippen molar-refractivity contribution >= 4 is 0 Å². The average Bonchev–Trinajstić information content (AvgIpc) is 3.16. The van der Waals surface area contributed by atoms with E-state index in [9.17, 15) is 0 Å². The second-order valence-electron chi connectivity index (χ2n) is 6.32. The molecule has 1 nitrogen and oxygen atoms in total. The zero-order valence-electron chi connectivity index (χ0n) is 11.5. The molecule has 1 aromatic carbocycles. The first-order valence-corrected chi connectivity index (χ1v) is 7.62. The van der Waals surface area contributed by atoms with Crippen molar-refractivity contribution in [2.75, 3.05) is 6.54 Å². The minimum atomic E-state index is 0.881. The lowest BCUT2D eigenvalue weighted by molar-refractivity contribution is 0.392. The van der Waals surface area contributed by atoms with Gasteiger partial charge in [-0.3, -0.25) is 0 Å². The molecular weight excluding hydrogens is 218 g/mol. The highest BCUT2D eigenvalue weighted by atomic mass is 14.9. The second kappa shape index (κ2) is 5.44. The van der Waals surface area contributed by atoms with Gasteiger partial charge in [-0.15, -0.1) is 0 Å². The number of hydrogen-bond donors (Lipinski definition) is 1. The van der Waals surface area contributed by atoms with Crippen molar-refractivity contribution < 1.29 is 0 Å². The van der Waals surface area contributed by atoms with Crippen molar-refractivity contribution in [2.45, 2.75) is 51.5 Å². The molecule has 2 unspecified atom stereocenters. The first-order chi connectivity index (χ1) is 8.83. The molecule has 1 N–H and O–H groups in total. The minimum Gasteiger partial charge on any atom is -0.312 e. The predicted molar refractivity (Wildman–Crippen MR) is 76.6 cm³/mol. The molecule has 0 spiro atoms. The van der Waals surface area contributed by atoms with E-state index in [1.165, 1.54) is 44.2 Å². The molecule has 2 aliphatic carbocycles. The Labute approximate surface area is 111 Å². The highest BCUT2D eigenvalue weighted by Crippen LogP contribution is 2.39. The van der Waals surface area contributed by atoms with Gasteiger partial charge in [0.25, 0.3) is 0 Å². The summed E-state index contributed by atoms with van der Waals surface area (Å²) in [5.41, 5.74) is 2.98. The van der Waals surface area contributed by atoms with Crippen LogP contribution in [0.25, 0.3) is 0 Å². The van der Waals surface area contributed by atoms with Crippen LogP contribution < -0.4 is 5.32 Å². The summed E-state index contributed by atoms with van der Waals surface area (Å²) >= 11 is 0. The summed E-state index contributed by atoms with van der Waals surface area (Å²) in [4.78, 5) is 0. The van der Waals surface area contributed by atoms with Gasteiger partial charge in [-0.2, -0.15) is 0 Å². The van der Waals surface area contributed by atoms with E-state index >= 15 is 0 Å². The van der Waals surface area contributed by atoms with E-state index in [2.05, 4.69) is 36.5 Å². The molecule has 1 heteroatoms. The molecule has 18 heavy (non-hydrogen) atoms. The summed E-state index contributed by atoms with van der Waals surface area (Å²) < 4.78 is 0. The SMILES string of the molecule is CC1CCCC1CNCc1ccc(C2CC2)cc1. The first-order valence-electron chi connectivity index (χ1n) is 7.62. The maximum atomic E-state index is 3.64. The Bertz CT molecular complexity index is 377. The van der Waals surface area contributed by atoms with Gasteiger partial charge in [0.15, 0.2) is 0 Å². The normalized spacial score (nSPS) is 27.6. The van der Waals surface area contributed by atoms with Gasteiger partial charge in [0.1, 0.15) is 0 Å². The van der Waals surface area contributed by atoms with Crippen LogP contribution in [-0.4, -0.2) is 6.54 Å². The number of nitrogens with one attached hydrogen (secondary N) is 1. The van der Waals surface area contributed by atoms with Crippen molar-refractivity contribution in [3.8, 4) is 0 Å². The van der Waals surface area contributed by atoms with Crippen LogP contribution in [0, 0.1) is 11.8 Å². The van der Waals surface area contributed by atoms with Crippen molar-refractivity contribution in [3.05, 3.63) is 35.4 Å². The van der Waals surface area contributed by atoms with Gasteiger partial charge in [0.05, 0.1) is 0 Å². The van der Waals surface area contributed by atoms with Gasteiger partial charge in [-0.1, -0.05) is 44.0 Å². The van der Waals surface area contributed by atoms with E-state index < -0.39 is 0 Å². The molecule has 0 radical (unpaired) electrons. The molecule has 0 bridgehead atoms. The van der Waals surface area contributed by atoms with E-state index in [1.54, 1.807) is 5.56 Å². The number of benzene rings is 1. The molecule has 2 atom stereocenters. The average molecular weight is 243 g/mol. The topological polar surface area (TPSA) is 12.0 Å². The van der Waals surface area contributed by atoms with Gasteiger partial charge in [-0.25, -0.2) is 0 Å². The smallest absolute Gasteiger partial charge is 0.0205 e. The molecule has 1 aromatic rings. The molecule has 98 valence electrons. The molecule has 3 rings (SSSR count). The first kappa shape index (κ1) is 12.2. The lowest BCUT2D eigenvalue weighted by Crippen LogP contribution is -2.23. The van der Waals surface area contributed by atoms with Crippen LogP contribution in [0.3, 0.4) is 0 Å². The van der Waals surface area contributed by atoms with Crippen LogP contribution in [-0.2, 0) is 6.54 Å². The summed E-state index contributed by atoms with van der Waals surface area (Å²) in [6.45, 7) is 4.64. The fourth-order valence-corrected chi connectivity index (χ4v) is 3.25. The lowest BCUT2D eigenvalue weighted by Gasteiger charge is -2.16. The van der Waals surface area contributed by atoms with E-state index in [-0.39, 0.29) is 0 Å². The minimum absolute atomic E-state index is 0.881.